The van der Waals surface area contributed by atoms with Crippen molar-refractivity contribution in [1.82, 2.24) is 5.32 Å². The summed E-state index contributed by atoms with van der Waals surface area (Å²) in [5.41, 5.74) is 0.250. The van der Waals surface area contributed by atoms with Crippen molar-refractivity contribution < 1.29 is 24.2 Å². The molecule has 6 nitrogen and oxygen atoms in total. The summed E-state index contributed by atoms with van der Waals surface area (Å²) in [5, 5.41) is 12.3. The molecule has 0 radical (unpaired) electrons. The molecule has 2 bridgehead atoms. The molecule has 2 aliphatic heterocycles. The van der Waals surface area contributed by atoms with Gasteiger partial charge in [-0.3, -0.25) is 9.59 Å². The Bertz CT molecular complexity index is 842. The molecule has 7 heteroatoms. The smallest absolute Gasteiger partial charge is 0.307 e. The molecule has 2 saturated heterocycles. The monoisotopic (exact) mass is 421 g/mol. The van der Waals surface area contributed by atoms with Gasteiger partial charge in [-0.25, -0.2) is 0 Å². The summed E-state index contributed by atoms with van der Waals surface area (Å²) < 4.78 is 12.9. The van der Waals surface area contributed by atoms with Crippen LogP contribution in [0.1, 0.15) is 52.0 Å². The fourth-order valence-electron chi connectivity index (χ4n) is 4.77. The second kappa shape index (κ2) is 7.17. The summed E-state index contributed by atoms with van der Waals surface area (Å²) in [4.78, 5) is 23.2. The number of carbonyl (C=O) groups excluding carboxylic acids is 1. The number of carboxylic acids is 1. The van der Waals surface area contributed by atoms with E-state index in [0.717, 1.165) is 19.3 Å². The molecule has 3 fully saturated rings. The molecule has 2 N–H and O–H groups in total. The number of benzene rings is 1. The third kappa shape index (κ3) is 3.61. The lowest BCUT2D eigenvalue weighted by Gasteiger charge is -2.32. The van der Waals surface area contributed by atoms with Crippen LogP contribution in [-0.4, -0.2) is 34.3 Å². The minimum Gasteiger partial charge on any atom is -0.487 e. The van der Waals surface area contributed by atoms with E-state index in [9.17, 15) is 9.59 Å². The third-order valence-corrected chi connectivity index (χ3v) is 7.33. The van der Waals surface area contributed by atoms with Crippen LogP contribution in [0.4, 0.5) is 0 Å². The first kappa shape index (κ1) is 20.5. The number of fused-ring (bicyclic) bond motifs is 2. The molecule has 0 spiro atoms. The highest BCUT2D eigenvalue weighted by Crippen LogP contribution is 2.55. The van der Waals surface area contributed by atoms with Gasteiger partial charge in [0.2, 0.25) is 5.91 Å². The van der Waals surface area contributed by atoms with Gasteiger partial charge in [-0.1, -0.05) is 31.5 Å². The summed E-state index contributed by atoms with van der Waals surface area (Å²) in [5.74, 6) is -1.15. The number of ether oxygens (including phenoxy) is 2. The van der Waals surface area contributed by atoms with Gasteiger partial charge in [0.1, 0.15) is 17.5 Å². The summed E-state index contributed by atoms with van der Waals surface area (Å²) in [6.45, 7) is 6.70. The first-order valence-corrected chi connectivity index (χ1v) is 10.7. The van der Waals surface area contributed by atoms with Crippen LogP contribution < -0.4 is 10.1 Å². The summed E-state index contributed by atoms with van der Waals surface area (Å²) in [7, 11) is 0. The van der Waals surface area contributed by atoms with E-state index in [-0.39, 0.29) is 29.8 Å². The van der Waals surface area contributed by atoms with Crippen molar-refractivity contribution in [2.45, 2.75) is 70.3 Å². The van der Waals surface area contributed by atoms with E-state index in [4.69, 9.17) is 26.2 Å². The molecule has 4 rings (SSSR count). The average Bonchev–Trinajstić information content (AvgIpc) is 3.32. The Balaban J connectivity index is 1.46. The van der Waals surface area contributed by atoms with Crippen LogP contribution in [0.5, 0.6) is 5.75 Å². The Morgan fingerprint density at radius 2 is 2.10 bits per heavy atom. The lowest BCUT2D eigenvalue weighted by molar-refractivity contribution is -0.140. The minimum absolute atomic E-state index is 0.0774. The summed E-state index contributed by atoms with van der Waals surface area (Å²) in [6, 6.07) is 5.46. The Labute approximate surface area is 175 Å². The first-order chi connectivity index (χ1) is 13.7. The van der Waals surface area contributed by atoms with Crippen LogP contribution in [-0.2, 0) is 20.9 Å². The molecule has 2 heterocycles. The number of carboxylic acid groups (broad SMARTS) is 1. The van der Waals surface area contributed by atoms with Crippen LogP contribution in [0.15, 0.2) is 18.2 Å². The highest BCUT2D eigenvalue weighted by atomic mass is 35.5. The van der Waals surface area contributed by atoms with Crippen LogP contribution in [0, 0.1) is 17.8 Å². The number of nitrogens with one attached hydrogen (secondary N) is 1. The van der Waals surface area contributed by atoms with Crippen molar-refractivity contribution in [3.05, 3.63) is 28.8 Å². The van der Waals surface area contributed by atoms with Gasteiger partial charge < -0.3 is 19.9 Å². The van der Waals surface area contributed by atoms with Crippen molar-refractivity contribution in [2.75, 3.05) is 0 Å². The van der Waals surface area contributed by atoms with E-state index in [1.165, 1.54) is 0 Å². The molecule has 29 heavy (non-hydrogen) atoms. The highest BCUT2D eigenvalue weighted by Gasteiger charge is 2.61. The fourth-order valence-corrected chi connectivity index (χ4v) is 5.01. The number of rotatable bonds is 7. The number of amides is 1. The van der Waals surface area contributed by atoms with Crippen molar-refractivity contribution in [3.63, 3.8) is 0 Å². The Hall–Kier alpha value is -1.79. The molecule has 1 aromatic rings. The number of halogens is 1. The quantitative estimate of drug-likeness (QED) is 0.699. The van der Waals surface area contributed by atoms with E-state index in [0.29, 0.717) is 28.7 Å². The molecule has 5 atom stereocenters. The maximum absolute atomic E-state index is 12.3. The first-order valence-electron chi connectivity index (χ1n) is 10.3. The summed E-state index contributed by atoms with van der Waals surface area (Å²) in [6.07, 6.45) is 3.16. The molecule has 1 saturated carbocycles. The molecule has 0 aromatic heterocycles. The van der Waals surface area contributed by atoms with Gasteiger partial charge in [0.25, 0.3) is 0 Å². The van der Waals surface area contributed by atoms with Crippen molar-refractivity contribution in [2.24, 2.45) is 17.8 Å². The standard InChI is InChI=1S/C22H28ClNO5/c1-12(2)22-8-7-21(3,29-22)18(10-22)28-17-6-4-5-16(23)15(17)11-24-19(25)13-9-14(13)20(26)27/h4-6,12-14,18H,7-11H2,1-3H3,(H,24,25)(H,26,27). The molecule has 1 amide bonds. The van der Waals surface area contributed by atoms with Gasteiger partial charge in [-0.15, -0.1) is 0 Å². The Morgan fingerprint density at radius 3 is 2.72 bits per heavy atom. The number of aliphatic carboxylic acids is 1. The SMILES string of the molecule is CC(C)C12CCC(C)(O1)C(Oc1cccc(Cl)c1CNC(=O)C1CC1C(=O)O)C2. The van der Waals surface area contributed by atoms with Crippen LogP contribution in [0.25, 0.3) is 0 Å². The highest BCUT2D eigenvalue weighted by molar-refractivity contribution is 6.31. The van der Waals surface area contributed by atoms with Crippen molar-refractivity contribution in [1.29, 1.82) is 0 Å². The van der Waals surface area contributed by atoms with Crippen LogP contribution >= 0.6 is 11.6 Å². The number of hydrogen-bond acceptors (Lipinski definition) is 4. The van der Waals surface area contributed by atoms with Crippen LogP contribution in [0.3, 0.4) is 0 Å². The Morgan fingerprint density at radius 1 is 1.34 bits per heavy atom. The van der Waals surface area contributed by atoms with Gasteiger partial charge in [0.05, 0.1) is 17.4 Å². The fraction of sp³-hybridized carbons (Fsp3) is 0.636. The third-order valence-electron chi connectivity index (χ3n) is 6.97. The molecule has 1 aromatic carbocycles. The topological polar surface area (TPSA) is 84.9 Å². The van der Waals surface area contributed by atoms with Gasteiger partial charge in [0, 0.05) is 23.6 Å². The normalized spacial score (nSPS) is 35.0. The molecule has 158 valence electrons. The van der Waals surface area contributed by atoms with Gasteiger partial charge in [-0.05, 0) is 44.2 Å². The predicted molar refractivity (Wildman–Crippen MR) is 108 cm³/mol. The van der Waals surface area contributed by atoms with E-state index in [2.05, 4.69) is 26.1 Å². The second-order valence-electron chi connectivity index (χ2n) is 9.17. The zero-order valence-corrected chi connectivity index (χ0v) is 17.8. The number of carbonyl (C=O) groups is 2. The van der Waals surface area contributed by atoms with E-state index in [1.54, 1.807) is 6.07 Å². The second-order valence-corrected chi connectivity index (χ2v) is 9.57. The molecule has 1 aliphatic carbocycles. The Kier molecular flexibility index (Phi) is 5.06. The molecular weight excluding hydrogens is 394 g/mol. The van der Waals surface area contributed by atoms with Gasteiger partial charge >= 0.3 is 5.97 Å². The average molecular weight is 422 g/mol. The van der Waals surface area contributed by atoms with Crippen LogP contribution in [0.2, 0.25) is 5.02 Å². The predicted octanol–water partition coefficient (Wildman–Crippen LogP) is 3.79. The molecular formula is C22H28ClNO5. The van der Waals surface area contributed by atoms with Crippen molar-refractivity contribution >= 4 is 23.5 Å². The lowest BCUT2D eigenvalue weighted by Crippen LogP contribution is -2.40. The molecule has 3 aliphatic rings. The van der Waals surface area contributed by atoms with Gasteiger partial charge in [0.15, 0.2) is 0 Å². The summed E-state index contributed by atoms with van der Waals surface area (Å²) >= 11 is 6.41. The van der Waals surface area contributed by atoms with E-state index < -0.39 is 17.8 Å². The van der Waals surface area contributed by atoms with E-state index >= 15 is 0 Å². The lowest BCUT2D eigenvalue weighted by atomic mass is 9.75. The van der Waals surface area contributed by atoms with E-state index in [1.807, 2.05) is 12.1 Å². The zero-order valence-electron chi connectivity index (χ0n) is 17.0. The zero-order chi connectivity index (χ0) is 21.0. The van der Waals surface area contributed by atoms with Crippen molar-refractivity contribution in [3.8, 4) is 5.75 Å². The largest absolute Gasteiger partial charge is 0.487 e. The number of hydrogen-bond donors (Lipinski definition) is 2. The maximum atomic E-state index is 12.3. The minimum atomic E-state index is -0.921. The van der Waals surface area contributed by atoms with Gasteiger partial charge in [-0.2, -0.15) is 0 Å². The maximum Gasteiger partial charge on any atom is 0.307 e. The molecule has 5 unspecified atom stereocenters.